The van der Waals surface area contributed by atoms with Crippen molar-refractivity contribution in [3.63, 3.8) is 0 Å². The first kappa shape index (κ1) is 13.2. The van der Waals surface area contributed by atoms with Gasteiger partial charge in [-0.15, -0.1) is 0 Å². The van der Waals surface area contributed by atoms with Gasteiger partial charge in [0.25, 0.3) is 0 Å². The second-order valence-electron chi connectivity index (χ2n) is 6.19. The van der Waals surface area contributed by atoms with Gasteiger partial charge in [-0.3, -0.25) is 0 Å². The van der Waals surface area contributed by atoms with Crippen molar-refractivity contribution in [3.05, 3.63) is 17.0 Å². The van der Waals surface area contributed by atoms with Crippen molar-refractivity contribution < 1.29 is 0 Å². The molecule has 1 aliphatic heterocycles. The van der Waals surface area contributed by atoms with Crippen molar-refractivity contribution in [2.24, 2.45) is 5.41 Å². The van der Waals surface area contributed by atoms with Crippen LogP contribution in [-0.4, -0.2) is 23.1 Å². The fourth-order valence-electron chi connectivity index (χ4n) is 3.73. The molecule has 0 unspecified atom stereocenters. The smallest absolute Gasteiger partial charge is 0.224 e. The maximum absolute atomic E-state index is 5.93. The van der Waals surface area contributed by atoms with Crippen LogP contribution in [0, 0.1) is 12.3 Å². The normalized spacial score (nSPS) is 22.7. The van der Waals surface area contributed by atoms with Crippen LogP contribution in [0.15, 0.2) is 6.20 Å². The van der Waals surface area contributed by atoms with Gasteiger partial charge in [0.1, 0.15) is 5.82 Å². The Balaban J connectivity index is 1.71. The highest BCUT2D eigenvalue weighted by Crippen LogP contribution is 2.45. The number of anilines is 1. The molecule has 4 heteroatoms. The number of hydrogen-bond acceptors (Lipinski definition) is 3. The van der Waals surface area contributed by atoms with E-state index in [2.05, 4.69) is 21.8 Å². The van der Waals surface area contributed by atoms with E-state index in [1.165, 1.54) is 44.9 Å². The number of aromatic nitrogens is 2. The van der Waals surface area contributed by atoms with Crippen LogP contribution in [0.25, 0.3) is 0 Å². The summed E-state index contributed by atoms with van der Waals surface area (Å²) in [7, 11) is 0. The molecule has 0 radical (unpaired) electrons. The summed E-state index contributed by atoms with van der Waals surface area (Å²) in [5.41, 5.74) is 1.77. The number of piperidine rings is 1. The lowest BCUT2D eigenvalue weighted by atomic mass is 9.68. The zero-order chi connectivity index (χ0) is 13.3. The molecule has 0 aromatic carbocycles. The minimum Gasteiger partial charge on any atom is -0.356 e. The van der Waals surface area contributed by atoms with Gasteiger partial charge in [0.15, 0.2) is 0 Å². The van der Waals surface area contributed by atoms with Gasteiger partial charge in [0.2, 0.25) is 5.28 Å². The Hall–Kier alpha value is -0.830. The van der Waals surface area contributed by atoms with Crippen molar-refractivity contribution in [2.45, 2.75) is 51.9 Å². The van der Waals surface area contributed by atoms with Crippen LogP contribution in [0.3, 0.4) is 0 Å². The average Bonchev–Trinajstić information content (AvgIpc) is 2.44. The molecule has 1 aliphatic carbocycles. The van der Waals surface area contributed by atoms with Crippen LogP contribution in [0.4, 0.5) is 5.82 Å². The van der Waals surface area contributed by atoms with Crippen molar-refractivity contribution in [1.82, 2.24) is 9.97 Å². The van der Waals surface area contributed by atoms with Crippen LogP contribution in [0.5, 0.6) is 0 Å². The molecule has 1 aromatic heterocycles. The molecule has 19 heavy (non-hydrogen) atoms. The number of halogens is 1. The van der Waals surface area contributed by atoms with Gasteiger partial charge in [-0.05, 0) is 49.6 Å². The topological polar surface area (TPSA) is 29.0 Å². The van der Waals surface area contributed by atoms with Crippen LogP contribution in [-0.2, 0) is 0 Å². The largest absolute Gasteiger partial charge is 0.356 e. The van der Waals surface area contributed by atoms with E-state index >= 15 is 0 Å². The van der Waals surface area contributed by atoms with E-state index in [9.17, 15) is 0 Å². The Morgan fingerprint density at radius 3 is 2.47 bits per heavy atom. The lowest BCUT2D eigenvalue weighted by Gasteiger charge is -2.44. The molecule has 2 fully saturated rings. The molecule has 0 N–H and O–H groups in total. The first-order valence-electron chi connectivity index (χ1n) is 7.43. The third kappa shape index (κ3) is 2.71. The molecule has 0 amide bonds. The fraction of sp³-hybridized carbons (Fsp3) is 0.733. The molecule has 104 valence electrons. The summed E-state index contributed by atoms with van der Waals surface area (Å²) in [6.07, 6.45) is 11.6. The molecule has 1 saturated carbocycles. The van der Waals surface area contributed by atoms with Crippen molar-refractivity contribution in [2.75, 3.05) is 18.0 Å². The van der Waals surface area contributed by atoms with E-state index < -0.39 is 0 Å². The van der Waals surface area contributed by atoms with Crippen LogP contribution < -0.4 is 4.90 Å². The molecule has 3 nitrogen and oxygen atoms in total. The van der Waals surface area contributed by atoms with Gasteiger partial charge >= 0.3 is 0 Å². The van der Waals surface area contributed by atoms with Crippen molar-refractivity contribution >= 4 is 17.4 Å². The van der Waals surface area contributed by atoms with Crippen molar-refractivity contribution in [3.8, 4) is 0 Å². The Kier molecular flexibility index (Phi) is 3.66. The first-order chi connectivity index (χ1) is 9.19. The summed E-state index contributed by atoms with van der Waals surface area (Å²) in [5, 5.41) is 0.360. The number of aryl methyl sites for hydroxylation is 1. The van der Waals surface area contributed by atoms with E-state index in [1.807, 2.05) is 6.20 Å². The maximum Gasteiger partial charge on any atom is 0.224 e. The molecule has 1 spiro atoms. The molecule has 0 atom stereocenters. The zero-order valence-electron chi connectivity index (χ0n) is 11.7. The Bertz CT molecular complexity index is 445. The van der Waals surface area contributed by atoms with E-state index in [1.54, 1.807) is 0 Å². The molecule has 0 bridgehead atoms. The number of hydrogen-bond donors (Lipinski definition) is 0. The summed E-state index contributed by atoms with van der Waals surface area (Å²) in [5.74, 6) is 1.03. The fourth-order valence-corrected chi connectivity index (χ4v) is 3.86. The highest BCUT2D eigenvalue weighted by atomic mass is 35.5. The van der Waals surface area contributed by atoms with Gasteiger partial charge in [-0.1, -0.05) is 19.3 Å². The Morgan fingerprint density at radius 2 is 1.79 bits per heavy atom. The minimum atomic E-state index is 0.360. The monoisotopic (exact) mass is 279 g/mol. The summed E-state index contributed by atoms with van der Waals surface area (Å²) in [6, 6.07) is 0. The lowest BCUT2D eigenvalue weighted by Crippen LogP contribution is -2.41. The molecule has 2 heterocycles. The highest BCUT2D eigenvalue weighted by molar-refractivity contribution is 6.28. The summed E-state index contributed by atoms with van der Waals surface area (Å²) in [6.45, 7) is 4.30. The molecule has 1 aromatic rings. The van der Waals surface area contributed by atoms with E-state index in [0.29, 0.717) is 10.7 Å². The van der Waals surface area contributed by atoms with E-state index in [0.717, 1.165) is 24.5 Å². The van der Waals surface area contributed by atoms with Crippen LogP contribution >= 0.6 is 11.6 Å². The second kappa shape index (κ2) is 5.28. The van der Waals surface area contributed by atoms with E-state index in [4.69, 9.17) is 11.6 Å². The second-order valence-corrected chi connectivity index (χ2v) is 6.53. The van der Waals surface area contributed by atoms with Crippen LogP contribution in [0.2, 0.25) is 5.28 Å². The van der Waals surface area contributed by atoms with Gasteiger partial charge in [0, 0.05) is 24.8 Å². The van der Waals surface area contributed by atoms with Gasteiger partial charge in [0.05, 0.1) is 0 Å². The van der Waals surface area contributed by atoms with Gasteiger partial charge < -0.3 is 4.90 Å². The molecular weight excluding hydrogens is 258 g/mol. The average molecular weight is 280 g/mol. The predicted molar refractivity (Wildman–Crippen MR) is 78.7 cm³/mol. The van der Waals surface area contributed by atoms with Crippen LogP contribution in [0.1, 0.15) is 50.5 Å². The van der Waals surface area contributed by atoms with Gasteiger partial charge in [-0.2, -0.15) is 0 Å². The Morgan fingerprint density at radius 1 is 1.11 bits per heavy atom. The first-order valence-corrected chi connectivity index (χ1v) is 7.80. The van der Waals surface area contributed by atoms with Gasteiger partial charge in [-0.25, -0.2) is 9.97 Å². The number of rotatable bonds is 1. The standard InChI is InChI=1S/C15H22ClN3/c1-12-11-17-14(16)18-13(12)19-9-7-15(8-10-19)5-3-2-4-6-15/h11H,2-10H2,1H3. The molecule has 2 aliphatic rings. The van der Waals surface area contributed by atoms with Crippen molar-refractivity contribution in [1.29, 1.82) is 0 Å². The molecule has 3 rings (SSSR count). The molecular formula is C15H22ClN3. The lowest BCUT2D eigenvalue weighted by molar-refractivity contribution is 0.144. The highest BCUT2D eigenvalue weighted by Gasteiger charge is 2.36. The Labute approximate surface area is 120 Å². The third-order valence-corrected chi connectivity index (χ3v) is 5.14. The number of nitrogens with zero attached hydrogens (tertiary/aromatic N) is 3. The predicted octanol–water partition coefficient (Wildman–Crippen LogP) is 3.99. The quantitative estimate of drug-likeness (QED) is 0.728. The van der Waals surface area contributed by atoms with E-state index in [-0.39, 0.29) is 0 Å². The zero-order valence-corrected chi connectivity index (χ0v) is 12.4. The summed E-state index contributed by atoms with van der Waals surface area (Å²) >= 11 is 5.93. The summed E-state index contributed by atoms with van der Waals surface area (Å²) in [4.78, 5) is 10.8. The molecule has 1 saturated heterocycles. The third-order valence-electron chi connectivity index (χ3n) is 4.95. The SMILES string of the molecule is Cc1cnc(Cl)nc1N1CCC2(CCCCC2)CC1. The minimum absolute atomic E-state index is 0.360. The summed E-state index contributed by atoms with van der Waals surface area (Å²) < 4.78 is 0. The maximum atomic E-state index is 5.93.